The lowest BCUT2D eigenvalue weighted by atomic mass is 9.88. The maximum Gasteiger partial charge on any atom is 0.326 e. The van der Waals surface area contributed by atoms with Gasteiger partial charge in [-0.1, -0.05) is 6.92 Å². The average Bonchev–Trinajstić information content (AvgIpc) is 2.80. The maximum absolute atomic E-state index is 12.2. The number of hydrogen-bond acceptors (Lipinski definition) is 4. The van der Waals surface area contributed by atoms with Crippen LogP contribution in [0.25, 0.3) is 0 Å². The van der Waals surface area contributed by atoms with Crippen molar-refractivity contribution in [3.63, 3.8) is 0 Å². The molecule has 7 heteroatoms. The summed E-state index contributed by atoms with van der Waals surface area (Å²) in [5, 5.41) is 21.7. The van der Waals surface area contributed by atoms with Gasteiger partial charge in [-0.25, -0.2) is 4.79 Å². The van der Waals surface area contributed by atoms with Crippen molar-refractivity contribution in [2.75, 3.05) is 0 Å². The molecule has 2 atom stereocenters. The van der Waals surface area contributed by atoms with Gasteiger partial charge in [0.2, 0.25) is 0 Å². The van der Waals surface area contributed by atoms with Crippen LogP contribution in [-0.2, 0) is 22.4 Å². The minimum atomic E-state index is -1.41. The Morgan fingerprint density at radius 3 is 2.76 bits per heavy atom. The van der Waals surface area contributed by atoms with E-state index in [1.165, 1.54) is 16.2 Å². The Bertz CT molecular complexity index is 580. The molecule has 3 N–H and O–H groups in total. The number of amides is 1. The number of carbonyl (C=O) groups is 3. The van der Waals surface area contributed by atoms with Crippen LogP contribution >= 0.6 is 11.3 Å². The van der Waals surface area contributed by atoms with Crippen LogP contribution in [-0.4, -0.2) is 34.1 Å². The lowest BCUT2D eigenvalue weighted by Gasteiger charge is -2.19. The van der Waals surface area contributed by atoms with Crippen molar-refractivity contribution >= 4 is 29.2 Å². The van der Waals surface area contributed by atoms with E-state index in [1.54, 1.807) is 5.38 Å². The molecular formula is C14H17NO5S. The van der Waals surface area contributed by atoms with Crippen molar-refractivity contribution in [1.29, 1.82) is 0 Å². The minimum absolute atomic E-state index is 0.485. The van der Waals surface area contributed by atoms with Crippen LogP contribution in [0.15, 0.2) is 5.38 Å². The second kappa shape index (κ2) is 6.26. The van der Waals surface area contributed by atoms with Crippen LogP contribution in [0, 0.1) is 5.92 Å². The van der Waals surface area contributed by atoms with Gasteiger partial charge in [-0.15, -0.1) is 11.3 Å². The number of rotatable bonds is 5. The summed E-state index contributed by atoms with van der Waals surface area (Å²) in [5.74, 6) is -2.52. The Hall–Kier alpha value is -1.89. The summed E-state index contributed by atoms with van der Waals surface area (Å²) in [6.07, 6.45) is 2.11. The minimum Gasteiger partial charge on any atom is -0.481 e. The highest BCUT2D eigenvalue weighted by Crippen LogP contribution is 2.32. The number of thiophene rings is 1. The van der Waals surface area contributed by atoms with Crippen LogP contribution in [0.5, 0.6) is 0 Å². The third-order valence-electron chi connectivity index (χ3n) is 3.63. The molecule has 0 saturated heterocycles. The third kappa shape index (κ3) is 3.60. The van der Waals surface area contributed by atoms with Crippen molar-refractivity contribution in [3.8, 4) is 0 Å². The molecule has 1 aromatic heterocycles. The number of hydrogen-bond donors (Lipinski definition) is 3. The largest absolute Gasteiger partial charge is 0.481 e. The number of nitrogens with one attached hydrogen (secondary N) is 1. The molecule has 1 aromatic rings. The van der Waals surface area contributed by atoms with Crippen LogP contribution in [0.2, 0.25) is 0 Å². The Morgan fingerprint density at radius 1 is 1.43 bits per heavy atom. The van der Waals surface area contributed by atoms with Gasteiger partial charge in [0.25, 0.3) is 5.91 Å². The summed E-state index contributed by atoms with van der Waals surface area (Å²) in [7, 11) is 0. The highest BCUT2D eigenvalue weighted by molar-refractivity contribution is 7.10. The van der Waals surface area contributed by atoms with E-state index in [-0.39, 0.29) is 0 Å². The van der Waals surface area contributed by atoms with Crippen molar-refractivity contribution in [2.45, 2.75) is 38.6 Å². The Balaban J connectivity index is 2.13. The highest BCUT2D eigenvalue weighted by atomic mass is 32.1. The number of carboxylic acid groups (broad SMARTS) is 2. The second-order valence-electron chi connectivity index (χ2n) is 5.36. The van der Waals surface area contributed by atoms with Crippen LogP contribution in [0.4, 0.5) is 0 Å². The second-order valence-corrected chi connectivity index (χ2v) is 6.33. The van der Waals surface area contributed by atoms with Gasteiger partial charge in [0, 0.05) is 10.3 Å². The molecule has 1 aliphatic rings. The zero-order valence-corrected chi connectivity index (χ0v) is 12.4. The molecule has 0 bridgehead atoms. The first-order valence-electron chi connectivity index (χ1n) is 6.73. The standard InChI is InChI=1S/C14H17NO5S/c1-7-2-3-8-9(6-21-11(8)4-7)13(18)15-10(14(19)20)5-12(16)17/h6-7,10H,2-5H2,1H3,(H,15,18)(H,16,17)(H,19,20). The molecular weight excluding hydrogens is 294 g/mol. The molecule has 0 fully saturated rings. The summed E-state index contributed by atoms with van der Waals surface area (Å²) >= 11 is 1.51. The summed E-state index contributed by atoms with van der Waals surface area (Å²) in [5.41, 5.74) is 1.47. The fraction of sp³-hybridized carbons (Fsp3) is 0.500. The molecule has 114 valence electrons. The molecule has 0 saturated carbocycles. The molecule has 0 spiro atoms. The van der Waals surface area contributed by atoms with Crippen molar-refractivity contribution in [1.82, 2.24) is 5.32 Å². The lowest BCUT2D eigenvalue weighted by molar-refractivity contribution is -0.145. The van der Waals surface area contributed by atoms with Gasteiger partial charge in [0.05, 0.1) is 12.0 Å². The fourth-order valence-corrected chi connectivity index (χ4v) is 3.72. The summed E-state index contributed by atoms with van der Waals surface area (Å²) in [6, 6.07) is -1.41. The molecule has 1 heterocycles. The highest BCUT2D eigenvalue weighted by Gasteiger charge is 2.27. The molecule has 2 unspecified atom stereocenters. The van der Waals surface area contributed by atoms with Gasteiger partial charge < -0.3 is 15.5 Å². The maximum atomic E-state index is 12.2. The first kappa shape index (κ1) is 15.5. The van der Waals surface area contributed by atoms with Crippen LogP contribution < -0.4 is 5.32 Å². The number of aliphatic carboxylic acids is 2. The van der Waals surface area contributed by atoms with Crippen LogP contribution in [0.1, 0.15) is 40.6 Å². The van der Waals surface area contributed by atoms with Crippen LogP contribution in [0.3, 0.4) is 0 Å². The summed E-state index contributed by atoms with van der Waals surface area (Å²) in [4.78, 5) is 35.0. The monoisotopic (exact) mass is 311 g/mol. The van der Waals surface area contributed by atoms with Gasteiger partial charge in [0.15, 0.2) is 0 Å². The van der Waals surface area contributed by atoms with Gasteiger partial charge in [0.1, 0.15) is 6.04 Å². The van der Waals surface area contributed by atoms with Gasteiger partial charge in [-0.05, 0) is 30.7 Å². The van der Waals surface area contributed by atoms with Gasteiger partial charge in [-0.3, -0.25) is 9.59 Å². The average molecular weight is 311 g/mol. The van der Waals surface area contributed by atoms with Crippen molar-refractivity contribution < 1.29 is 24.6 Å². The molecule has 0 radical (unpaired) electrons. The van der Waals surface area contributed by atoms with Gasteiger partial charge in [-0.2, -0.15) is 0 Å². The van der Waals surface area contributed by atoms with Crippen molar-refractivity contribution in [3.05, 3.63) is 21.4 Å². The van der Waals surface area contributed by atoms with E-state index in [4.69, 9.17) is 10.2 Å². The van der Waals surface area contributed by atoms with E-state index in [1.807, 2.05) is 0 Å². The molecule has 0 aromatic carbocycles. The van der Waals surface area contributed by atoms with Gasteiger partial charge >= 0.3 is 11.9 Å². The molecule has 1 aliphatic carbocycles. The summed E-state index contributed by atoms with van der Waals surface area (Å²) in [6.45, 7) is 2.16. The Kier molecular flexibility index (Phi) is 4.62. The fourth-order valence-electron chi connectivity index (χ4n) is 2.48. The zero-order chi connectivity index (χ0) is 15.6. The third-order valence-corrected chi connectivity index (χ3v) is 4.68. The molecule has 6 nitrogen and oxygen atoms in total. The molecule has 2 rings (SSSR count). The molecule has 1 amide bonds. The normalized spacial score (nSPS) is 18.6. The number of carboxylic acids is 2. The van der Waals surface area contributed by atoms with E-state index in [0.717, 1.165) is 24.8 Å². The zero-order valence-electron chi connectivity index (χ0n) is 11.6. The molecule has 0 aliphatic heterocycles. The summed E-state index contributed by atoms with van der Waals surface area (Å²) < 4.78 is 0. The predicted molar refractivity (Wildman–Crippen MR) is 76.7 cm³/mol. The topological polar surface area (TPSA) is 104 Å². The van der Waals surface area contributed by atoms with E-state index < -0.39 is 30.3 Å². The van der Waals surface area contributed by atoms with Crippen molar-refractivity contribution in [2.24, 2.45) is 5.92 Å². The molecule has 21 heavy (non-hydrogen) atoms. The Morgan fingerprint density at radius 2 is 2.14 bits per heavy atom. The number of carbonyl (C=O) groups excluding carboxylic acids is 1. The SMILES string of the molecule is CC1CCc2c(C(=O)NC(CC(=O)O)C(=O)O)csc2C1. The van der Waals surface area contributed by atoms with E-state index >= 15 is 0 Å². The van der Waals surface area contributed by atoms with E-state index in [9.17, 15) is 14.4 Å². The Labute approximate surface area is 125 Å². The first-order chi connectivity index (χ1) is 9.88. The lowest BCUT2D eigenvalue weighted by Crippen LogP contribution is -2.42. The van der Waals surface area contributed by atoms with E-state index in [2.05, 4.69) is 12.2 Å². The quantitative estimate of drug-likeness (QED) is 0.765. The first-order valence-corrected chi connectivity index (χ1v) is 7.61. The van der Waals surface area contributed by atoms with E-state index in [0.29, 0.717) is 11.5 Å². The number of fused-ring (bicyclic) bond motifs is 1. The predicted octanol–water partition coefficient (Wildman–Crippen LogP) is 1.53. The smallest absolute Gasteiger partial charge is 0.326 e.